The highest BCUT2D eigenvalue weighted by Gasteiger charge is 2.23. The Morgan fingerprint density at radius 2 is 1.75 bits per heavy atom. The summed E-state index contributed by atoms with van der Waals surface area (Å²) in [7, 11) is 0. The Morgan fingerprint density at radius 1 is 1.10 bits per heavy atom. The SMILES string of the molecule is CC(C)(C)N(CC(=O)O)Cc1ccc2ccccc2c1. The van der Waals surface area contributed by atoms with E-state index in [9.17, 15) is 4.79 Å². The molecule has 0 aromatic heterocycles. The molecule has 0 unspecified atom stereocenters. The van der Waals surface area contributed by atoms with Gasteiger partial charge in [0, 0.05) is 12.1 Å². The minimum absolute atomic E-state index is 0.0519. The molecule has 0 heterocycles. The molecule has 0 aliphatic carbocycles. The molecule has 0 radical (unpaired) electrons. The Labute approximate surface area is 119 Å². The van der Waals surface area contributed by atoms with Gasteiger partial charge in [-0.2, -0.15) is 0 Å². The van der Waals surface area contributed by atoms with E-state index in [1.54, 1.807) is 0 Å². The second kappa shape index (κ2) is 5.63. The fourth-order valence-corrected chi connectivity index (χ4v) is 2.25. The van der Waals surface area contributed by atoms with Gasteiger partial charge in [0.15, 0.2) is 0 Å². The molecule has 2 aromatic carbocycles. The van der Waals surface area contributed by atoms with Crippen molar-refractivity contribution in [3.63, 3.8) is 0 Å². The van der Waals surface area contributed by atoms with Crippen LogP contribution in [0.15, 0.2) is 42.5 Å². The maximum Gasteiger partial charge on any atom is 0.317 e. The number of aliphatic carboxylic acids is 1. The van der Waals surface area contributed by atoms with E-state index in [-0.39, 0.29) is 12.1 Å². The number of carbonyl (C=O) groups is 1. The zero-order chi connectivity index (χ0) is 14.8. The first-order valence-corrected chi connectivity index (χ1v) is 6.81. The van der Waals surface area contributed by atoms with Gasteiger partial charge in [0.1, 0.15) is 0 Å². The Kier molecular flexibility index (Phi) is 4.09. The Balaban J connectivity index is 2.26. The highest BCUT2D eigenvalue weighted by Crippen LogP contribution is 2.20. The van der Waals surface area contributed by atoms with E-state index < -0.39 is 5.97 Å². The lowest BCUT2D eigenvalue weighted by Gasteiger charge is -2.34. The van der Waals surface area contributed by atoms with Crippen LogP contribution in [0.25, 0.3) is 10.8 Å². The molecule has 0 amide bonds. The molecule has 0 saturated carbocycles. The average molecular weight is 271 g/mol. The van der Waals surface area contributed by atoms with Crippen molar-refractivity contribution >= 4 is 16.7 Å². The van der Waals surface area contributed by atoms with Crippen LogP contribution in [0, 0.1) is 0 Å². The van der Waals surface area contributed by atoms with Crippen molar-refractivity contribution in [1.29, 1.82) is 0 Å². The molecule has 2 aromatic rings. The average Bonchev–Trinajstić information content (AvgIpc) is 2.36. The van der Waals surface area contributed by atoms with Gasteiger partial charge >= 0.3 is 5.97 Å². The molecule has 3 nitrogen and oxygen atoms in total. The fraction of sp³-hybridized carbons (Fsp3) is 0.353. The largest absolute Gasteiger partial charge is 0.480 e. The Hall–Kier alpha value is -1.87. The van der Waals surface area contributed by atoms with Crippen molar-refractivity contribution in [3.8, 4) is 0 Å². The van der Waals surface area contributed by atoms with Gasteiger partial charge in [0.25, 0.3) is 0 Å². The van der Waals surface area contributed by atoms with Crippen molar-refractivity contribution in [2.45, 2.75) is 32.9 Å². The summed E-state index contributed by atoms with van der Waals surface area (Å²) in [6.45, 7) is 6.81. The minimum atomic E-state index is -0.791. The number of hydrogen-bond donors (Lipinski definition) is 1. The number of carboxylic acids is 1. The number of carboxylic acid groups (broad SMARTS) is 1. The predicted octanol–water partition coefficient (Wildman–Crippen LogP) is 3.52. The first-order chi connectivity index (χ1) is 9.36. The molecule has 1 N–H and O–H groups in total. The normalized spacial score (nSPS) is 12.0. The molecule has 0 spiro atoms. The molecule has 0 atom stereocenters. The van der Waals surface area contributed by atoms with Gasteiger partial charge in [0.05, 0.1) is 6.54 Å². The maximum absolute atomic E-state index is 11.0. The molecule has 20 heavy (non-hydrogen) atoms. The lowest BCUT2D eigenvalue weighted by atomic mass is 10.0. The molecule has 0 aliphatic rings. The van der Waals surface area contributed by atoms with Crippen molar-refractivity contribution < 1.29 is 9.90 Å². The van der Waals surface area contributed by atoms with Crippen LogP contribution >= 0.6 is 0 Å². The summed E-state index contributed by atoms with van der Waals surface area (Å²) in [6, 6.07) is 14.5. The summed E-state index contributed by atoms with van der Waals surface area (Å²) in [5.41, 5.74) is 0.962. The second-order valence-electron chi connectivity index (χ2n) is 6.10. The van der Waals surface area contributed by atoms with Crippen LogP contribution in [0.2, 0.25) is 0 Å². The van der Waals surface area contributed by atoms with E-state index in [0.717, 1.165) is 5.56 Å². The molecule has 0 saturated heterocycles. The highest BCUT2D eigenvalue weighted by atomic mass is 16.4. The highest BCUT2D eigenvalue weighted by molar-refractivity contribution is 5.83. The van der Waals surface area contributed by atoms with Crippen LogP contribution in [0.3, 0.4) is 0 Å². The number of nitrogens with zero attached hydrogens (tertiary/aromatic N) is 1. The van der Waals surface area contributed by atoms with Crippen LogP contribution in [0.5, 0.6) is 0 Å². The lowest BCUT2D eigenvalue weighted by molar-refractivity contribution is -0.139. The Bertz CT molecular complexity index is 614. The monoisotopic (exact) mass is 271 g/mol. The van der Waals surface area contributed by atoms with Crippen LogP contribution in [0.1, 0.15) is 26.3 Å². The first kappa shape index (κ1) is 14.5. The third-order valence-corrected chi connectivity index (χ3v) is 3.46. The molecular weight excluding hydrogens is 250 g/mol. The number of fused-ring (bicyclic) bond motifs is 1. The van der Waals surface area contributed by atoms with E-state index in [1.165, 1.54) is 10.8 Å². The van der Waals surface area contributed by atoms with E-state index in [1.807, 2.05) is 37.8 Å². The third-order valence-electron chi connectivity index (χ3n) is 3.46. The van der Waals surface area contributed by atoms with Crippen molar-refractivity contribution in [3.05, 3.63) is 48.0 Å². The van der Waals surface area contributed by atoms with Crippen molar-refractivity contribution in [1.82, 2.24) is 4.90 Å². The topological polar surface area (TPSA) is 40.5 Å². The zero-order valence-electron chi connectivity index (χ0n) is 12.3. The van der Waals surface area contributed by atoms with Gasteiger partial charge < -0.3 is 5.11 Å². The van der Waals surface area contributed by atoms with E-state index in [2.05, 4.69) is 30.3 Å². The van der Waals surface area contributed by atoms with Gasteiger partial charge in [0.2, 0.25) is 0 Å². The molecule has 106 valence electrons. The third kappa shape index (κ3) is 3.58. The fourth-order valence-electron chi connectivity index (χ4n) is 2.25. The van der Waals surface area contributed by atoms with Gasteiger partial charge in [-0.3, -0.25) is 9.69 Å². The van der Waals surface area contributed by atoms with Gasteiger partial charge in [-0.15, -0.1) is 0 Å². The molecule has 0 fully saturated rings. The number of benzene rings is 2. The lowest BCUT2D eigenvalue weighted by Crippen LogP contribution is -2.43. The standard InChI is InChI=1S/C17H21NO2/c1-17(2,3)18(12-16(19)20)11-13-8-9-14-6-4-5-7-15(14)10-13/h4-10H,11-12H2,1-3H3,(H,19,20). The molecule has 0 aliphatic heterocycles. The van der Waals surface area contributed by atoms with Crippen LogP contribution in [-0.2, 0) is 11.3 Å². The second-order valence-corrected chi connectivity index (χ2v) is 6.10. The molecule has 3 heteroatoms. The van der Waals surface area contributed by atoms with Crippen LogP contribution in [0.4, 0.5) is 0 Å². The molecule has 2 rings (SSSR count). The van der Waals surface area contributed by atoms with E-state index in [0.29, 0.717) is 6.54 Å². The van der Waals surface area contributed by atoms with Crippen LogP contribution in [-0.4, -0.2) is 28.1 Å². The zero-order valence-corrected chi connectivity index (χ0v) is 12.3. The molecular formula is C17H21NO2. The van der Waals surface area contributed by atoms with Crippen LogP contribution < -0.4 is 0 Å². The summed E-state index contributed by atoms with van der Waals surface area (Å²) < 4.78 is 0. The van der Waals surface area contributed by atoms with Gasteiger partial charge in [-0.05, 0) is 43.2 Å². The summed E-state index contributed by atoms with van der Waals surface area (Å²) in [5, 5.41) is 11.4. The summed E-state index contributed by atoms with van der Waals surface area (Å²) in [4.78, 5) is 13.0. The first-order valence-electron chi connectivity index (χ1n) is 6.81. The summed E-state index contributed by atoms with van der Waals surface area (Å²) >= 11 is 0. The maximum atomic E-state index is 11.0. The van der Waals surface area contributed by atoms with Gasteiger partial charge in [-0.25, -0.2) is 0 Å². The van der Waals surface area contributed by atoms with E-state index >= 15 is 0 Å². The van der Waals surface area contributed by atoms with Crippen molar-refractivity contribution in [2.24, 2.45) is 0 Å². The number of hydrogen-bond acceptors (Lipinski definition) is 2. The van der Waals surface area contributed by atoms with Crippen molar-refractivity contribution in [2.75, 3.05) is 6.54 Å². The Morgan fingerprint density at radius 3 is 2.35 bits per heavy atom. The minimum Gasteiger partial charge on any atom is -0.480 e. The quantitative estimate of drug-likeness (QED) is 0.925. The summed E-state index contributed by atoms with van der Waals surface area (Å²) in [5.74, 6) is -0.791. The van der Waals surface area contributed by atoms with Gasteiger partial charge in [-0.1, -0.05) is 36.4 Å². The van der Waals surface area contributed by atoms with E-state index in [4.69, 9.17) is 5.11 Å². The smallest absolute Gasteiger partial charge is 0.317 e. The number of rotatable bonds is 4. The summed E-state index contributed by atoms with van der Waals surface area (Å²) in [6.07, 6.45) is 0. The molecule has 0 bridgehead atoms. The predicted molar refractivity (Wildman–Crippen MR) is 81.7 cm³/mol.